The van der Waals surface area contributed by atoms with Crippen molar-refractivity contribution in [3.63, 3.8) is 0 Å². The highest BCUT2D eigenvalue weighted by Gasteiger charge is 2.08. The Balaban J connectivity index is 2.75. The van der Waals surface area contributed by atoms with Gasteiger partial charge in [0, 0.05) is 16.5 Å². The van der Waals surface area contributed by atoms with Crippen LogP contribution in [0.1, 0.15) is 22.3 Å². The van der Waals surface area contributed by atoms with Crippen LogP contribution in [0.4, 0.5) is 0 Å². The molecule has 0 heterocycles. The van der Waals surface area contributed by atoms with Crippen molar-refractivity contribution in [2.24, 2.45) is 0 Å². The maximum Gasteiger partial charge on any atom is 0.305 e. The van der Waals surface area contributed by atoms with Gasteiger partial charge in [-0.2, -0.15) is 0 Å². The van der Waals surface area contributed by atoms with E-state index in [0.717, 1.165) is 10.0 Å². The molecular weight excluding hydrogens is 295 g/mol. The Kier molecular flexibility index (Phi) is 4.96. The van der Waals surface area contributed by atoms with Crippen molar-refractivity contribution in [1.29, 1.82) is 0 Å². The lowest BCUT2D eigenvalue weighted by Crippen LogP contribution is -2.02. The van der Waals surface area contributed by atoms with E-state index in [2.05, 4.69) is 20.7 Å². The molecule has 1 aromatic rings. The third-order valence-electron chi connectivity index (χ3n) is 2.11. The van der Waals surface area contributed by atoms with Crippen LogP contribution in [0.15, 0.2) is 22.7 Å². The van der Waals surface area contributed by atoms with Gasteiger partial charge in [0.05, 0.1) is 7.11 Å². The molecule has 0 atom stereocenters. The average molecular weight is 306 g/mol. The monoisotopic (exact) mass is 304 g/mol. The first kappa shape index (κ1) is 13.2. The fraction of sp³-hybridized carbons (Fsp3) is 0.273. The van der Waals surface area contributed by atoms with E-state index in [1.54, 1.807) is 18.2 Å². The molecule has 1 aromatic carbocycles. The summed E-state index contributed by atoms with van der Waals surface area (Å²) < 4.78 is 5.31. The van der Waals surface area contributed by atoms with Crippen molar-refractivity contribution in [3.8, 4) is 0 Å². The predicted octanol–water partition coefficient (Wildman–Crippen LogP) is 2.93. The molecule has 0 radical (unpaired) electrons. The second kappa shape index (κ2) is 6.01. The van der Waals surface area contributed by atoms with E-state index in [9.17, 15) is 9.59 Å². The van der Waals surface area contributed by atoms with Gasteiger partial charge in [-0.25, -0.2) is 0 Å². The minimum Gasteiger partial charge on any atom is -0.469 e. The second-order valence-corrected chi connectivity index (χ2v) is 4.35. The minimum absolute atomic E-state index is 0.260. The molecular formula is C11H10BrClO3. The zero-order chi connectivity index (χ0) is 12.1. The summed E-state index contributed by atoms with van der Waals surface area (Å²) in [6.45, 7) is 0. The van der Waals surface area contributed by atoms with E-state index in [0.29, 0.717) is 18.4 Å². The van der Waals surface area contributed by atoms with Crippen molar-refractivity contribution >= 4 is 38.7 Å². The third-order valence-corrected chi connectivity index (χ3v) is 3.06. The van der Waals surface area contributed by atoms with Gasteiger partial charge in [-0.3, -0.25) is 9.59 Å². The van der Waals surface area contributed by atoms with Gasteiger partial charge >= 0.3 is 5.97 Å². The number of ether oxygens (including phenoxy) is 1. The maximum atomic E-state index is 11.0. The van der Waals surface area contributed by atoms with Gasteiger partial charge in [0.1, 0.15) is 0 Å². The van der Waals surface area contributed by atoms with Gasteiger partial charge in [-0.1, -0.05) is 22.0 Å². The fourth-order valence-electron chi connectivity index (χ4n) is 1.21. The Morgan fingerprint density at radius 2 is 2.12 bits per heavy atom. The normalized spacial score (nSPS) is 9.94. The van der Waals surface area contributed by atoms with Crippen LogP contribution in [-0.4, -0.2) is 18.3 Å². The van der Waals surface area contributed by atoms with Gasteiger partial charge in [-0.15, -0.1) is 0 Å². The predicted molar refractivity (Wildman–Crippen MR) is 64.7 cm³/mol. The van der Waals surface area contributed by atoms with Crippen LogP contribution in [0.5, 0.6) is 0 Å². The summed E-state index contributed by atoms with van der Waals surface area (Å²) >= 11 is 8.67. The van der Waals surface area contributed by atoms with Crippen molar-refractivity contribution in [2.45, 2.75) is 12.8 Å². The first-order valence-electron chi connectivity index (χ1n) is 4.59. The molecule has 0 aliphatic heterocycles. The summed E-state index contributed by atoms with van der Waals surface area (Å²) in [6.07, 6.45) is 0.868. The lowest BCUT2D eigenvalue weighted by molar-refractivity contribution is -0.140. The molecule has 0 unspecified atom stereocenters. The molecule has 0 bridgehead atoms. The van der Waals surface area contributed by atoms with Crippen molar-refractivity contribution < 1.29 is 14.3 Å². The number of rotatable bonds is 4. The molecule has 0 saturated heterocycles. The van der Waals surface area contributed by atoms with Gasteiger partial charge < -0.3 is 4.74 Å². The molecule has 0 aromatic heterocycles. The number of carbonyl (C=O) groups excluding carboxylic acids is 2. The first-order valence-corrected chi connectivity index (χ1v) is 5.76. The number of carbonyl (C=O) groups is 2. The standard InChI is InChI=1S/C11H10BrClO3/c1-16-10(14)5-4-7-2-3-8(11(13)15)6-9(7)12/h2-3,6H,4-5H2,1H3. The van der Waals surface area contributed by atoms with Crippen LogP contribution in [0.3, 0.4) is 0 Å². The smallest absolute Gasteiger partial charge is 0.305 e. The lowest BCUT2D eigenvalue weighted by Gasteiger charge is -2.04. The Morgan fingerprint density at radius 3 is 2.62 bits per heavy atom. The summed E-state index contributed by atoms with van der Waals surface area (Å²) in [6, 6.07) is 5.04. The Hall–Kier alpha value is -0.870. The second-order valence-electron chi connectivity index (χ2n) is 3.16. The highest BCUT2D eigenvalue weighted by atomic mass is 79.9. The molecule has 0 aliphatic carbocycles. The Bertz CT molecular complexity index is 418. The summed E-state index contributed by atoms with van der Waals surface area (Å²) in [5.74, 6) is -0.260. The molecule has 86 valence electrons. The molecule has 3 nitrogen and oxygen atoms in total. The molecule has 0 amide bonds. The Labute approximate surface area is 107 Å². The molecule has 5 heteroatoms. The zero-order valence-corrected chi connectivity index (χ0v) is 11.0. The maximum absolute atomic E-state index is 11.0. The van der Waals surface area contributed by atoms with Gasteiger partial charge in [-0.05, 0) is 35.7 Å². The summed E-state index contributed by atoms with van der Waals surface area (Å²) in [5, 5.41) is -0.500. The highest BCUT2D eigenvalue weighted by Crippen LogP contribution is 2.21. The fourth-order valence-corrected chi connectivity index (χ4v) is 1.91. The zero-order valence-electron chi connectivity index (χ0n) is 8.63. The summed E-state index contributed by atoms with van der Waals surface area (Å²) in [4.78, 5) is 21.9. The van der Waals surface area contributed by atoms with Crippen LogP contribution in [0.2, 0.25) is 0 Å². The number of hydrogen-bond donors (Lipinski definition) is 0. The highest BCUT2D eigenvalue weighted by molar-refractivity contribution is 9.10. The topological polar surface area (TPSA) is 43.4 Å². The van der Waals surface area contributed by atoms with Crippen LogP contribution in [0.25, 0.3) is 0 Å². The molecule has 0 saturated carbocycles. The Morgan fingerprint density at radius 1 is 1.44 bits per heavy atom. The largest absolute Gasteiger partial charge is 0.469 e. The van der Waals surface area contributed by atoms with Gasteiger partial charge in [0.2, 0.25) is 0 Å². The van der Waals surface area contributed by atoms with Crippen molar-refractivity contribution in [1.82, 2.24) is 0 Å². The van der Waals surface area contributed by atoms with Crippen LogP contribution in [-0.2, 0) is 16.0 Å². The third kappa shape index (κ3) is 3.61. The first-order chi connectivity index (χ1) is 7.54. The lowest BCUT2D eigenvalue weighted by atomic mass is 10.1. The number of halogens is 2. The van der Waals surface area contributed by atoms with E-state index in [1.165, 1.54) is 7.11 Å². The van der Waals surface area contributed by atoms with Crippen LogP contribution >= 0.6 is 27.5 Å². The number of aryl methyl sites for hydroxylation is 1. The quantitative estimate of drug-likeness (QED) is 0.634. The number of hydrogen-bond acceptors (Lipinski definition) is 3. The van der Waals surface area contributed by atoms with E-state index in [1.807, 2.05) is 0 Å². The number of esters is 1. The molecule has 16 heavy (non-hydrogen) atoms. The van der Waals surface area contributed by atoms with E-state index >= 15 is 0 Å². The molecule has 0 aliphatic rings. The molecule has 0 N–H and O–H groups in total. The minimum atomic E-state index is -0.500. The summed E-state index contributed by atoms with van der Waals surface area (Å²) in [5.41, 5.74) is 1.36. The van der Waals surface area contributed by atoms with Crippen molar-refractivity contribution in [3.05, 3.63) is 33.8 Å². The van der Waals surface area contributed by atoms with Gasteiger partial charge in [0.15, 0.2) is 0 Å². The van der Waals surface area contributed by atoms with Gasteiger partial charge in [0.25, 0.3) is 5.24 Å². The van der Waals surface area contributed by atoms with E-state index < -0.39 is 5.24 Å². The van der Waals surface area contributed by atoms with Crippen LogP contribution < -0.4 is 0 Å². The molecule has 0 spiro atoms. The number of methoxy groups -OCH3 is 1. The van der Waals surface area contributed by atoms with E-state index in [4.69, 9.17) is 11.6 Å². The van der Waals surface area contributed by atoms with Crippen molar-refractivity contribution in [2.75, 3.05) is 7.11 Å². The summed E-state index contributed by atoms with van der Waals surface area (Å²) in [7, 11) is 1.35. The van der Waals surface area contributed by atoms with E-state index in [-0.39, 0.29) is 5.97 Å². The average Bonchev–Trinajstić information content (AvgIpc) is 2.26. The SMILES string of the molecule is COC(=O)CCc1ccc(C(=O)Cl)cc1Br. The molecule has 1 rings (SSSR count). The molecule has 0 fully saturated rings. The number of benzene rings is 1. The van der Waals surface area contributed by atoms with Crippen LogP contribution in [0, 0.1) is 0 Å².